The molecule has 2 unspecified atom stereocenters. The molecule has 0 aliphatic carbocycles. The molecule has 0 radical (unpaired) electrons. The highest BCUT2D eigenvalue weighted by Crippen LogP contribution is 2.37. The topological polar surface area (TPSA) is 67.9 Å². The van der Waals surface area contributed by atoms with Crippen molar-refractivity contribution in [3.8, 4) is 0 Å². The molecule has 2 aliphatic rings. The number of carbonyl (C=O) groups is 2. The standard InChI is InChI=1S/C23H26N2O4/c1-16(26)29-20-12-19(11-18-13-24-22-10-6-5-9-21(18)22)25(14-20)23(27)28-15-17-7-3-2-4-8-17/h2-10,18-20,24H,11-15H2,1H3/t18?,19-,20?/m1/s1. The van der Waals surface area contributed by atoms with Gasteiger partial charge in [0.15, 0.2) is 0 Å². The van der Waals surface area contributed by atoms with Crippen molar-refractivity contribution in [2.24, 2.45) is 0 Å². The zero-order valence-corrected chi connectivity index (χ0v) is 16.5. The fourth-order valence-corrected chi connectivity index (χ4v) is 4.34. The molecule has 2 heterocycles. The number of hydrogen-bond donors (Lipinski definition) is 1. The highest BCUT2D eigenvalue weighted by Gasteiger charge is 2.40. The van der Waals surface area contributed by atoms with Gasteiger partial charge in [0.25, 0.3) is 0 Å². The molecule has 2 aromatic carbocycles. The van der Waals surface area contributed by atoms with Crippen LogP contribution >= 0.6 is 0 Å². The number of anilines is 1. The zero-order chi connectivity index (χ0) is 20.2. The molecule has 0 bridgehead atoms. The van der Waals surface area contributed by atoms with Gasteiger partial charge in [0.1, 0.15) is 12.7 Å². The van der Waals surface area contributed by atoms with Crippen molar-refractivity contribution < 1.29 is 19.1 Å². The van der Waals surface area contributed by atoms with E-state index in [1.165, 1.54) is 12.5 Å². The number of benzene rings is 2. The van der Waals surface area contributed by atoms with Gasteiger partial charge < -0.3 is 19.7 Å². The maximum absolute atomic E-state index is 12.8. The Morgan fingerprint density at radius 3 is 2.66 bits per heavy atom. The lowest BCUT2D eigenvalue weighted by Crippen LogP contribution is -2.37. The number of nitrogens with one attached hydrogen (secondary N) is 1. The van der Waals surface area contributed by atoms with Crippen molar-refractivity contribution in [3.05, 3.63) is 65.7 Å². The molecule has 1 amide bonds. The number of hydrogen-bond acceptors (Lipinski definition) is 5. The molecule has 1 fully saturated rings. The Morgan fingerprint density at radius 1 is 1.10 bits per heavy atom. The van der Waals surface area contributed by atoms with Gasteiger partial charge in [-0.05, 0) is 23.6 Å². The Morgan fingerprint density at radius 2 is 1.86 bits per heavy atom. The SMILES string of the molecule is CC(=O)OC1C[C@@H](CC2CNc3ccccc32)N(C(=O)OCc2ccccc2)C1. The number of rotatable bonds is 5. The summed E-state index contributed by atoms with van der Waals surface area (Å²) in [5.41, 5.74) is 3.38. The third kappa shape index (κ3) is 4.53. The third-order valence-corrected chi connectivity index (χ3v) is 5.64. The summed E-state index contributed by atoms with van der Waals surface area (Å²) in [6, 6.07) is 17.9. The van der Waals surface area contributed by atoms with Crippen molar-refractivity contribution in [1.29, 1.82) is 0 Å². The fraction of sp³-hybridized carbons (Fsp3) is 0.391. The summed E-state index contributed by atoms with van der Waals surface area (Å²) in [6.45, 7) is 2.86. The number of nitrogens with zero attached hydrogens (tertiary/aromatic N) is 1. The van der Waals surface area contributed by atoms with Gasteiger partial charge in [-0.2, -0.15) is 0 Å². The predicted molar refractivity (Wildman–Crippen MR) is 110 cm³/mol. The van der Waals surface area contributed by atoms with Crippen LogP contribution in [0.3, 0.4) is 0 Å². The van der Waals surface area contributed by atoms with E-state index in [1.54, 1.807) is 4.90 Å². The first-order valence-electron chi connectivity index (χ1n) is 10.1. The van der Waals surface area contributed by atoms with Gasteiger partial charge in [-0.25, -0.2) is 4.79 Å². The van der Waals surface area contributed by atoms with Gasteiger partial charge in [-0.3, -0.25) is 4.79 Å². The van der Waals surface area contributed by atoms with Crippen molar-refractivity contribution in [2.45, 2.75) is 44.4 Å². The van der Waals surface area contributed by atoms with Gasteiger partial charge >= 0.3 is 12.1 Å². The minimum absolute atomic E-state index is 0.0272. The van der Waals surface area contributed by atoms with Crippen molar-refractivity contribution >= 4 is 17.7 Å². The lowest BCUT2D eigenvalue weighted by atomic mass is 9.93. The first-order valence-corrected chi connectivity index (χ1v) is 10.1. The van der Waals surface area contributed by atoms with E-state index in [1.807, 2.05) is 42.5 Å². The van der Waals surface area contributed by atoms with Crippen LogP contribution in [-0.4, -0.2) is 42.2 Å². The summed E-state index contributed by atoms with van der Waals surface area (Å²) < 4.78 is 11.0. The number of esters is 1. The maximum Gasteiger partial charge on any atom is 0.410 e. The molecule has 2 aromatic rings. The average molecular weight is 394 g/mol. The first-order chi connectivity index (χ1) is 14.1. The van der Waals surface area contributed by atoms with Crippen LogP contribution in [0.5, 0.6) is 0 Å². The van der Waals surface area contributed by atoms with E-state index >= 15 is 0 Å². The second-order valence-electron chi connectivity index (χ2n) is 7.71. The second-order valence-corrected chi connectivity index (χ2v) is 7.71. The molecule has 6 nitrogen and oxygen atoms in total. The van der Waals surface area contributed by atoms with Crippen LogP contribution in [0.15, 0.2) is 54.6 Å². The smallest absolute Gasteiger partial charge is 0.410 e. The lowest BCUT2D eigenvalue weighted by Gasteiger charge is -2.26. The Kier molecular flexibility index (Phi) is 5.69. The largest absolute Gasteiger partial charge is 0.461 e. The van der Waals surface area contributed by atoms with E-state index in [4.69, 9.17) is 9.47 Å². The maximum atomic E-state index is 12.8. The van der Waals surface area contributed by atoms with Gasteiger partial charge in [0, 0.05) is 37.5 Å². The number of likely N-dealkylation sites (tertiary alicyclic amines) is 1. The summed E-state index contributed by atoms with van der Waals surface area (Å²) in [5, 5.41) is 3.44. The van der Waals surface area contributed by atoms with E-state index in [0.717, 1.165) is 24.2 Å². The van der Waals surface area contributed by atoms with E-state index in [-0.39, 0.29) is 30.8 Å². The number of amides is 1. The monoisotopic (exact) mass is 394 g/mol. The summed E-state index contributed by atoms with van der Waals surface area (Å²) >= 11 is 0. The molecule has 4 rings (SSSR count). The molecule has 0 spiro atoms. The minimum Gasteiger partial charge on any atom is -0.461 e. The van der Waals surface area contributed by atoms with Crippen LogP contribution in [0.2, 0.25) is 0 Å². The number of para-hydroxylation sites is 1. The van der Waals surface area contributed by atoms with Crippen molar-refractivity contribution in [3.63, 3.8) is 0 Å². The lowest BCUT2D eigenvalue weighted by molar-refractivity contribution is -0.145. The normalized spacial score (nSPS) is 22.7. The van der Waals surface area contributed by atoms with Crippen LogP contribution < -0.4 is 5.32 Å². The molecular weight excluding hydrogens is 368 g/mol. The van der Waals surface area contributed by atoms with E-state index in [0.29, 0.717) is 18.9 Å². The van der Waals surface area contributed by atoms with Gasteiger partial charge in [-0.1, -0.05) is 48.5 Å². The van der Waals surface area contributed by atoms with Crippen LogP contribution in [0.4, 0.5) is 10.5 Å². The van der Waals surface area contributed by atoms with E-state index in [2.05, 4.69) is 17.4 Å². The first kappa shape index (κ1) is 19.3. The van der Waals surface area contributed by atoms with Crippen molar-refractivity contribution in [2.75, 3.05) is 18.4 Å². The molecule has 1 N–H and O–H groups in total. The number of ether oxygens (including phenoxy) is 2. The Labute approximate surface area is 170 Å². The molecule has 6 heteroatoms. The minimum atomic E-state index is -0.354. The van der Waals surface area contributed by atoms with Crippen LogP contribution in [-0.2, 0) is 20.9 Å². The zero-order valence-electron chi connectivity index (χ0n) is 16.5. The van der Waals surface area contributed by atoms with Crippen LogP contribution in [0.25, 0.3) is 0 Å². The molecule has 3 atom stereocenters. The van der Waals surface area contributed by atoms with E-state index in [9.17, 15) is 9.59 Å². The predicted octanol–water partition coefficient (Wildman–Crippen LogP) is 3.93. The molecule has 152 valence electrons. The highest BCUT2D eigenvalue weighted by atomic mass is 16.6. The molecule has 1 saturated heterocycles. The second kappa shape index (κ2) is 8.55. The summed E-state index contributed by atoms with van der Waals surface area (Å²) in [7, 11) is 0. The molecule has 0 saturated carbocycles. The molecule has 29 heavy (non-hydrogen) atoms. The molecule has 0 aromatic heterocycles. The Bertz CT molecular complexity index is 870. The quantitative estimate of drug-likeness (QED) is 0.779. The highest BCUT2D eigenvalue weighted by molar-refractivity contribution is 5.69. The number of fused-ring (bicyclic) bond motifs is 1. The Balaban J connectivity index is 1.44. The number of carbonyl (C=O) groups excluding carboxylic acids is 2. The average Bonchev–Trinajstić information content (AvgIpc) is 3.31. The fourth-order valence-electron chi connectivity index (χ4n) is 4.34. The summed E-state index contributed by atoms with van der Waals surface area (Å²) in [6.07, 6.45) is 0.806. The van der Waals surface area contributed by atoms with Gasteiger partial charge in [-0.15, -0.1) is 0 Å². The van der Waals surface area contributed by atoms with Gasteiger partial charge in [0.05, 0.1) is 6.54 Å². The van der Waals surface area contributed by atoms with Gasteiger partial charge in [0.2, 0.25) is 0 Å². The van der Waals surface area contributed by atoms with Crippen LogP contribution in [0.1, 0.15) is 36.8 Å². The molecular formula is C23H26N2O4. The third-order valence-electron chi connectivity index (χ3n) is 5.64. The Hall–Kier alpha value is -3.02. The summed E-state index contributed by atoms with van der Waals surface area (Å²) in [5.74, 6) is -0.00201. The summed E-state index contributed by atoms with van der Waals surface area (Å²) in [4.78, 5) is 26.0. The van der Waals surface area contributed by atoms with E-state index < -0.39 is 0 Å². The molecule has 2 aliphatic heterocycles. The van der Waals surface area contributed by atoms with Crippen molar-refractivity contribution in [1.82, 2.24) is 4.90 Å². The van der Waals surface area contributed by atoms with Crippen LogP contribution in [0, 0.1) is 0 Å².